The van der Waals surface area contributed by atoms with Gasteiger partial charge in [-0.05, 0) is 18.2 Å². The van der Waals surface area contributed by atoms with Crippen LogP contribution in [0.3, 0.4) is 0 Å². The molecule has 0 fully saturated rings. The second-order valence-electron chi connectivity index (χ2n) is 3.14. The van der Waals surface area contributed by atoms with Crippen molar-refractivity contribution in [1.29, 1.82) is 0 Å². The van der Waals surface area contributed by atoms with Crippen molar-refractivity contribution in [3.8, 4) is 0 Å². The number of hydrogen-bond donors (Lipinski definition) is 0. The SMILES string of the molecule is O=C1C(=O)N(CCCl)c2ccc(Cl)cc21. The van der Waals surface area contributed by atoms with Gasteiger partial charge < -0.3 is 4.90 Å². The Morgan fingerprint density at radius 1 is 1.27 bits per heavy atom. The predicted molar refractivity (Wildman–Crippen MR) is 58.9 cm³/mol. The highest BCUT2D eigenvalue weighted by atomic mass is 35.5. The second kappa shape index (κ2) is 3.83. The van der Waals surface area contributed by atoms with Gasteiger partial charge in [-0.15, -0.1) is 11.6 Å². The van der Waals surface area contributed by atoms with E-state index in [9.17, 15) is 9.59 Å². The zero-order valence-corrected chi connectivity index (χ0v) is 9.18. The molecule has 1 aliphatic heterocycles. The first kappa shape index (κ1) is 10.5. The monoisotopic (exact) mass is 243 g/mol. The van der Waals surface area contributed by atoms with Gasteiger partial charge in [-0.2, -0.15) is 0 Å². The Bertz CT molecular complexity index is 445. The molecule has 2 rings (SSSR count). The lowest BCUT2D eigenvalue weighted by molar-refractivity contribution is -0.114. The fourth-order valence-electron chi connectivity index (χ4n) is 1.58. The summed E-state index contributed by atoms with van der Waals surface area (Å²) in [6, 6.07) is 4.81. The van der Waals surface area contributed by atoms with E-state index >= 15 is 0 Å². The Hall–Kier alpha value is -1.06. The summed E-state index contributed by atoms with van der Waals surface area (Å²) in [6.45, 7) is 0.334. The van der Waals surface area contributed by atoms with Gasteiger partial charge in [-0.1, -0.05) is 11.6 Å². The first-order chi connectivity index (χ1) is 7.15. The van der Waals surface area contributed by atoms with Crippen molar-refractivity contribution in [3.63, 3.8) is 0 Å². The molecule has 0 spiro atoms. The Labute approximate surface area is 96.6 Å². The topological polar surface area (TPSA) is 37.4 Å². The van der Waals surface area contributed by atoms with Gasteiger partial charge in [0.15, 0.2) is 0 Å². The number of halogens is 2. The minimum absolute atomic E-state index is 0.293. The molecule has 78 valence electrons. The molecule has 0 atom stereocenters. The van der Waals surface area contributed by atoms with Gasteiger partial charge in [0.25, 0.3) is 11.7 Å². The molecule has 1 amide bonds. The number of carbonyl (C=O) groups is 2. The Kier molecular flexibility index (Phi) is 2.67. The summed E-state index contributed by atoms with van der Waals surface area (Å²) in [4.78, 5) is 24.5. The Morgan fingerprint density at radius 3 is 2.67 bits per heavy atom. The van der Waals surface area contributed by atoms with Gasteiger partial charge in [0.2, 0.25) is 0 Å². The van der Waals surface area contributed by atoms with Crippen LogP contribution in [0.15, 0.2) is 18.2 Å². The van der Waals surface area contributed by atoms with E-state index in [1.54, 1.807) is 12.1 Å². The fourth-order valence-corrected chi connectivity index (χ4v) is 1.92. The molecule has 0 unspecified atom stereocenters. The van der Waals surface area contributed by atoms with E-state index in [4.69, 9.17) is 23.2 Å². The normalized spacial score (nSPS) is 14.7. The van der Waals surface area contributed by atoms with Crippen LogP contribution in [0.25, 0.3) is 0 Å². The number of fused-ring (bicyclic) bond motifs is 1. The van der Waals surface area contributed by atoms with Crippen LogP contribution >= 0.6 is 23.2 Å². The molecule has 0 radical (unpaired) electrons. The van der Waals surface area contributed by atoms with Crippen molar-refractivity contribution in [2.45, 2.75) is 0 Å². The minimum atomic E-state index is -0.534. The first-order valence-electron chi connectivity index (χ1n) is 4.37. The number of amides is 1. The highest BCUT2D eigenvalue weighted by molar-refractivity contribution is 6.52. The summed E-state index contributed by atoms with van der Waals surface area (Å²) < 4.78 is 0. The minimum Gasteiger partial charge on any atom is -0.304 e. The average molecular weight is 244 g/mol. The maximum absolute atomic E-state index is 11.5. The van der Waals surface area contributed by atoms with Gasteiger partial charge in [0.05, 0.1) is 11.3 Å². The third-order valence-corrected chi connectivity index (χ3v) is 2.65. The molecule has 1 heterocycles. The number of nitrogens with zero attached hydrogens (tertiary/aromatic N) is 1. The van der Waals surface area contributed by atoms with Crippen LogP contribution in [0.4, 0.5) is 5.69 Å². The summed E-state index contributed by atoms with van der Waals surface area (Å²) in [5, 5.41) is 0.447. The van der Waals surface area contributed by atoms with E-state index in [0.717, 1.165) is 0 Å². The third-order valence-electron chi connectivity index (χ3n) is 2.24. The molecule has 0 aliphatic carbocycles. The van der Waals surface area contributed by atoms with E-state index < -0.39 is 11.7 Å². The predicted octanol–water partition coefficient (Wildman–Crippen LogP) is 2.11. The molecule has 0 saturated carbocycles. The van der Waals surface area contributed by atoms with Crippen LogP contribution in [-0.4, -0.2) is 24.1 Å². The lowest BCUT2D eigenvalue weighted by atomic mass is 10.1. The number of rotatable bonds is 2. The molecule has 1 aliphatic rings. The standard InChI is InChI=1S/C10H7Cl2NO2/c11-3-4-13-8-2-1-6(12)5-7(8)9(14)10(13)15/h1-2,5H,3-4H2. The zero-order chi connectivity index (χ0) is 11.0. The van der Waals surface area contributed by atoms with E-state index in [1.165, 1.54) is 11.0 Å². The lowest BCUT2D eigenvalue weighted by Gasteiger charge is -2.14. The fraction of sp³-hybridized carbons (Fsp3) is 0.200. The van der Waals surface area contributed by atoms with Crippen molar-refractivity contribution in [2.24, 2.45) is 0 Å². The van der Waals surface area contributed by atoms with Crippen LogP contribution < -0.4 is 4.90 Å². The number of alkyl halides is 1. The molecule has 15 heavy (non-hydrogen) atoms. The molecule has 0 saturated heterocycles. The summed E-state index contributed by atoms with van der Waals surface area (Å²) in [6.07, 6.45) is 0. The largest absolute Gasteiger partial charge is 0.304 e. The Balaban J connectivity index is 2.50. The highest BCUT2D eigenvalue weighted by Gasteiger charge is 2.35. The van der Waals surface area contributed by atoms with Crippen molar-refractivity contribution in [2.75, 3.05) is 17.3 Å². The summed E-state index contributed by atoms with van der Waals surface area (Å²) >= 11 is 11.3. The molecular weight excluding hydrogens is 237 g/mol. The van der Waals surface area contributed by atoms with Crippen LogP contribution in [0.5, 0.6) is 0 Å². The van der Waals surface area contributed by atoms with Crippen molar-refractivity contribution >= 4 is 40.6 Å². The van der Waals surface area contributed by atoms with E-state index in [1.807, 2.05) is 0 Å². The molecule has 0 aromatic heterocycles. The molecule has 0 N–H and O–H groups in total. The number of benzene rings is 1. The smallest absolute Gasteiger partial charge is 0.299 e. The van der Waals surface area contributed by atoms with E-state index in [0.29, 0.717) is 28.7 Å². The van der Waals surface area contributed by atoms with Crippen LogP contribution in [0.1, 0.15) is 10.4 Å². The van der Waals surface area contributed by atoms with E-state index in [-0.39, 0.29) is 0 Å². The zero-order valence-electron chi connectivity index (χ0n) is 7.67. The maximum Gasteiger partial charge on any atom is 0.299 e. The van der Waals surface area contributed by atoms with Crippen LogP contribution in [0.2, 0.25) is 5.02 Å². The summed E-state index contributed by atoms with van der Waals surface area (Å²) in [5.74, 6) is -0.758. The summed E-state index contributed by atoms with van der Waals surface area (Å²) in [7, 11) is 0. The molecular formula is C10H7Cl2NO2. The van der Waals surface area contributed by atoms with Gasteiger partial charge in [0.1, 0.15) is 0 Å². The molecule has 1 aromatic carbocycles. The van der Waals surface area contributed by atoms with Gasteiger partial charge >= 0.3 is 0 Å². The average Bonchev–Trinajstić information content (AvgIpc) is 2.44. The number of ketones is 1. The Morgan fingerprint density at radius 2 is 2.00 bits per heavy atom. The molecule has 5 heteroatoms. The number of hydrogen-bond acceptors (Lipinski definition) is 2. The van der Waals surface area contributed by atoms with Crippen molar-refractivity contribution in [1.82, 2.24) is 0 Å². The highest BCUT2D eigenvalue weighted by Crippen LogP contribution is 2.30. The number of carbonyl (C=O) groups excluding carboxylic acids is 2. The van der Waals surface area contributed by atoms with Gasteiger partial charge in [0, 0.05) is 17.4 Å². The summed E-state index contributed by atoms with van der Waals surface area (Å²) in [5.41, 5.74) is 0.952. The maximum atomic E-state index is 11.5. The van der Waals surface area contributed by atoms with Crippen LogP contribution in [0, 0.1) is 0 Å². The molecule has 1 aromatic rings. The molecule has 3 nitrogen and oxygen atoms in total. The van der Waals surface area contributed by atoms with E-state index in [2.05, 4.69) is 0 Å². The number of Topliss-reactive ketones (excluding diaryl/α,β-unsaturated/α-hetero) is 1. The van der Waals surface area contributed by atoms with Crippen LogP contribution in [-0.2, 0) is 4.79 Å². The van der Waals surface area contributed by atoms with Crippen molar-refractivity contribution in [3.05, 3.63) is 28.8 Å². The molecule has 0 bridgehead atoms. The second-order valence-corrected chi connectivity index (χ2v) is 3.95. The first-order valence-corrected chi connectivity index (χ1v) is 5.28. The van der Waals surface area contributed by atoms with Gasteiger partial charge in [-0.3, -0.25) is 9.59 Å². The lowest BCUT2D eigenvalue weighted by Crippen LogP contribution is -2.31. The third kappa shape index (κ3) is 1.62. The van der Waals surface area contributed by atoms with Crippen molar-refractivity contribution < 1.29 is 9.59 Å². The quantitative estimate of drug-likeness (QED) is 0.590. The number of anilines is 1. The van der Waals surface area contributed by atoms with Gasteiger partial charge in [-0.25, -0.2) is 0 Å².